The van der Waals surface area contributed by atoms with Crippen LogP contribution in [0.15, 0.2) is 34.2 Å². The number of hydrogen-bond donors (Lipinski definition) is 3. The highest BCUT2D eigenvalue weighted by Crippen LogP contribution is 2.09. The van der Waals surface area contributed by atoms with Gasteiger partial charge in [-0.25, -0.2) is 13.1 Å². The summed E-state index contributed by atoms with van der Waals surface area (Å²) in [5.41, 5.74) is 1.02. The molecule has 3 N–H and O–H groups in total. The quantitative estimate of drug-likeness (QED) is 0.345. The Morgan fingerprint density at radius 2 is 1.78 bits per heavy atom. The lowest BCUT2D eigenvalue weighted by Gasteiger charge is -2.12. The molecule has 0 spiro atoms. The molecule has 0 fully saturated rings. The van der Waals surface area contributed by atoms with Crippen LogP contribution in [0.5, 0.6) is 0 Å². The summed E-state index contributed by atoms with van der Waals surface area (Å²) >= 11 is 0. The van der Waals surface area contributed by atoms with Gasteiger partial charge in [0.15, 0.2) is 5.96 Å². The van der Waals surface area contributed by atoms with Gasteiger partial charge in [0.05, 0.1) is 11.5 Å². The maximum atomic E-state index is 12.1. The predicted molar refractivity (Wildman–Crippen MR) is 92.2 cm³/mol. The Morgan fingerprint density at radius 1 is 1.13 bits per heavy atom. The van der Waals surface area contributed by atoms with E-state index in [0.29, 0.717) is 32.3 Å². The van der Waals surface area contributed by atoms with Gasteiger partial charge in [-0.2, -0.15) is 0 Å². The molecule has 7 nitrogen and oxygen atoms in total. The van der Waals surface area contributed by atoms with Crippen LogP contribution in [0.4, 0.5) is 0 Å². The Kier molecular flexibility index (Phi) is 8.60. The molecule has 0 atom stereocenters. The van der Waals surface area contributed by atoms with Crippen molar-refractivity contribution in [3.05, 3.63) is 29.8 Å². The maximum Gasteiger partial charge on any atom is 0.240 e. The zero-order valence-electron chi connectivity index (χ0n) is 13.9. The third-order valence-electron chi connectivity index (χ3n) is 3.01. The molecule has 130 valence electrons. The molecule has 0 aromatic heterocycles. The van der Waals surface area contributed by atoms with Gasteiger partial charge < -0.3 is 15.4 Å². The molecule has 0 amide bonds. The summed E-state index contributed by atoms with van der Waals surface area (Å²) in [6.45, 7) is 6.46. The Hall–Kier alpha value is -1.64. The number of aliphatic imine (C=N–C) groups is 1. The van der Waals surface area contributed by atoms with Crippen LogP contribution in [0, 0.1) is 6.92 Å². The molecule has 0 unspecified atom stereocenters. The van der Waals surface area contributed by atoms with E-state index in [2.05, 4.69) is 20.3 Å². The second-order valence-corrected chi connectivity index (χ2v) is 6.60. The fraction of sp³-hybridized carbons (Fsp3) is 0.533. The van der Waals surface area contributed by atoms with Crippen LogP contribution >= 0.6 is 0 Å². The molecule has 0 saturated heterocycles. The van der Waals surface area contributed by atoms with E-state index >= 15 is 0 Å². The van der Waals surface area contributed by atoms with Crippen molar-refractivity contribution in [2.75, 3.05) is 39.9 Å². The predicted octanol–water partition coefficient (Wildman–Crippen LogP) is 0.475. The minimum Gasteiger partial charge on any atom is -0.380 e. The smallest absolute Gasteiger partial charge is 0.240 e. The topological polar surface area (TPSA) is 91.8 Å². The first kappa shape index (κ1) is 19.4. The second kappa shape index (κ2) is 10.2. The molecule has 0 bridgehead atoms. The fourth-order valence-corrected chi connectivity index (χ4v) is 2.81. The number of ether oxygens (including phenoxy) is 1. The summed E-state index contributed by atoms with van der Waals surface area (Å²) in [5.74, 6) is 0.610. The molecule has 0 aliphatic carbocycles. The molecule has 1 rings (SSSR count). The summed E-state index contributed by atoms with van der Waals surface area (Å²) in [6.07, 6.45) is 0. The van der Waals surface area contributed by atoms with Gasteiger partial charge in [0.2, 0.25) is 10.0 Å². The molecule has 0 saturated carbocycles. The minimum atomic E-state index is -3.48. The number of nitrogens with zero attached hydrogens (tertiary/aromatic N) is 1. The first-order chi connectivity index (χ1) is 11.0. The summed E-state index contributed by atoms with van der Waals surface area (Å²) < 4.78 is 32.0. The first-order valence-corrected chi connectivity index (χ1v) is 9.06. The van der Waals surface area contributed by atoms with Crippen LogP contribution in [0.1, 0.15) is 12.5 Å². The molecule has 23 heavy (non-hydrogen) atoms. The molecular weight excluding hydrogens is 316 g/mol. The van der Waals surface area contributed by atoms with Gasteiger partial charge in [-0.1, -0.05) is 17.7 Å². The van der Waals surface area contributed by atoms with E-state index in [1.54, 1.807) is 31.3 Å². The van der Waals surface area contributed by atoms with Crippen LogP contribution in [0.25, 0.3) is 0 Å². The van der Waals surface area contributed by atoms with Gasteiger partial charge >= 0.3 is 0 Å². The van der Waals surface area contributed by atoms with Crippen molar-refractivity contribution in [1.29, 1.82) is 0 Å². The largest absolute Gasteiger partial charge is 0.380 e. The number of hydrogen-bond acceptors (Lipinski definition) is 4. The van der Waals surface area contributed by atoms with Crippen molar-refractivity contribution in [2.45, 2.75) is 18.7 Å². The van der Waals surface area contributed by atoms with Gasteiger partial charge in [-0.05, 0) is 26.0 Å². The van der Waals surface area contributed by atoms with Crippen molar-refractivity contribution < 1.29 is 13.2 Å². The van der Waals surface area contributed by atoms with Crippen LogP contribution < -0.4 is 15.4 Å². The molecular formula is C15H26N4O3S. The normalized spacial score (nSPS) is 12.2. The average Bonchev–Trinajstić information content (AvgIpc) is 2.53. The van der Waals surface area contributed by atoms with Crippen molar-refractivity contribution >= 4 is 16.0 Å². The van der Waals surface area contributed by atoms with Gasteiger partial charge in [0.25, 0.3) is 0 Å². The van der Waals surface area contributed by atoms with Crippen molar-refractivity contribution in [3.63, 3.8) is 0 Å². The molecule has 0 heterocycles. The van der Waals surface area contributed by atoms with Gasteiger partial charge in [-0.3, -0.25) is 4.99 Å². The molecule has 1 aromatic rings. The summed E-state index contributed by atoms with van der Waals surface area (Å²) in [4.78, 5) is 4.32. The number of aryl methyl sites for hydroxylation is 1. The number of sulfonamides is 1. The van der Waals surface area contributed by atoms with E-state index in [1.165, 1.54) is 0 Å². The number of benzene rings is 1. The van der Waals surface area contributed by atoms with E-state index in [4.69, 9.17) is 4.74 Å². The Morgan fingerprint density at radius 3 is 2.39 bits per heavy atom. The van der Waals surface area contributed by atoms with E-state index in [9.17, 15) is 8.42 Å². The average molecular weight is 342 g/mol. The Labute approximate surface area is 138 Å². The number of guanidine groups is 1. The van der Waals surface area contributed by atoms with E-state index in [1.807, 2.05) is 13.8 Å². The van der Waals surface area contributed by atoms with E-state index in [-0.39, 0.29) is 11.4 Å². The number of nitrogens with one attached hydrogen (secondary N) is 3. The highest BCUT2D eigenvalue weighted by molar-refractivity contribution is 7.89. The van der Waals surface area contributed by atoms with Gasteiger partial charge in [0.1, 0.15) is 0 Å². The van der Waals surface area contributed by atoms with Crippen molar-refractivity contribution in [3.8, 4) is 0 Å². The summed E-state index contributed by atoms with van der Waals surface area (Å²) in [6, 6.07) is 6.74. The van der Waals surface area contributed by atoms with Crippen LogP contribution in [-0.4, -0.2) is 54.3 Å². The van der Waals surface area contributed by atoms with Crippen LogP contribution in [0.2, 0.25) is 0 Å². The Bertz CT molecular complexity index is 585. The summed E-state index contributed by atoms with van der Waals surface area (Å²) in [5, 5.41) is 6.11. The highest BCUT2D eigenvalue weighted by atomic mass is 32.2. The lowest BCUT2D eigenvalue weighted by molar-refractivity contribution is 0.152. The lowest BCUT2D eigenvalue weighted by atomic mass is 10.2. The standard InChI is InChI=1S/C15H26N4O3S/c1-4-22-12-11-18-15(16-3)17-9-10-19-23(20,21)14-7-5-13(2)6-8-14/h5-8,19H,4,9-12H2,1-3H3,(H2,16,17,18). The van der Waals surface area contributed by atoms with Gasteiger partial charge in [-0.15, -0.1) is 0 Å². The minimum absolute atomic E-state index is 0.266. The maximum absolute atomic E-state index is 12.1. The van der Waals surface area contributed by atoms with Crippen LogP contribution in [-0.2, 0) is 14.8 Å². The molecule has 0 aliphatic rings. The van der Waals surface area contributed by atoms with Crippen molar-refractivity contribution in [2.24, 2.45) is 4.99 Å². The molecule has 0 aliphatic heterocycles. The zero-order chi connectivity index (χ0) is 17.1. The van der Waals surface area contributed by atoms with Crippen LogP contribution in [0.3, 0.4) is 0 Å². The fourth-order valence-electron chi connectivity index (χ4n) is 1.77. The Balaban J connectivity index is 2.33. The highest BCUT2D eigenvalue weighted by Gasteiger charge is 2.12. The summed E-state index contributed by atoms with van der Waals surface area (Å²) in [7, 11) is -1.82. The van der Waals surface area contributed by atoms with E-state index < -0.39 is 10.0 Å². The lowest BCUT2D eigenvalue weighted by Crippen LogP contribution is -2.42. The SMILES string of the molecule is CCOCCNC(=NC)NCCNS(=O)(=O)c1ccc(C)cc1. The molecule has 1 aromatic carbocycles. The number of rotatable bonds is 9. The monoisotopic (exact) mass is 342 g/mol. The first-order valence-electron chi connectivity index (χ1n) is 7.58. The van der Waals surface area contributed by atoms with Crippen molar-refractivity contribution in [1.82, 2.24) is 15.4 Å². The third kappa shape index (κ3) is 7.45. The van der Waals surface area contributed by atoms with Gasteiger partial charge in [0, 0.05) is 33.3 Å². The third-order valence-corrected chi connectivity index (χ3v) is 4.48. The molecule has 8 heteroatoms. The van der Waals surface area contributed by atoms with E-state index in [0.717, 1.165) is 5.56 Å². The molecule has 0 radical (unpaired) electrons. The zero-order valence-corrected chi connectivity index (χ0v) is 14.7. The second-order valence-electron chi connectivity index (χ2n) is 4.83.